The molecule has 144 valence electrons. The second-order valence-corrected chi connectivity index (χ2v) is 6.79. The monoisotopic (exact) mass is 428 g/mol. The van der Waals surface area contributed by atoms with Crippen molar-refractivity contribution in [3.05, 3.63) is 51.8 Å². The minimum absolute atomic E-state index is 0.00748. The second-order valence-electron chi connectivity index (χ2n) is 5.97. The molecule has 0 amide bonds. The quantitative estimate of drug-likeness (QED) is 0.463. The summed E-state index contributed by atoms with van der Waals surface area (Å²) >= 11 is 11.9. The first-order valence-corrected chi connectivity index (χ1v) is 8.48. The number of rotatable bonds is 2. The first kappa shape index (κ1) is 18.6. The van der Waals surface area contributed by atoms with Crippen LogP contribution >= 0.6 is 23.2 Å². The molecule has 28 heavy (non-hydrogen) atoms. The molecule has 0 fully saturated rings. The Morgan fingerprint density at radius 2 is 1.82 bits per heavy atom. The first-order valence-electron chi connectivity index (χ1n) is 7.72. The van der Waals surface area contributed by atoms with E-state index in [4.69, 9.17) is 27.7 Å². The fourth-order valence-corrected chi connectivity index (χ4v) is 3.08. The Morgan fingerprint density at radius 3 is 2.54 bits per heavy atom. The highest BCUT2D eigenvalue weighted by Gasteiger charge is 2.32. The Labute approximate surface area is 165 Å². The maximum atomic E-state index is 13.0. The average Bonchev–Trinajstić information content (AvgIpc) is 3.24. The summed E-state index contributed by atoms with van der Waals surface area (Å²) in [6.07, 6.45) is -2.36. The molecule has 0 radical (unpaired) electrons. The number of aryl methyl sites for hydroxylation is 1. The van der Waals surface area contributed by atoms with Gasteiger partial charge < -0.3 is 14.0 Å². The summed E-state index contributed by atoms with van der Waals surface area (Å²) in [6, 6.07) is 3.74. The molecule has 3 heterocycles. The largest absolute Gasteiger partial charge is 0.506 e. The van der Waals surface area contributed by atoms with Crippen molar-refractivity contribution in [3.63, 3.8) is 0 Å². The van der Waals surface area contributed by atoms with E-state index in [1.807, 2.05) is 0 Å². The number of aromatic hydroxyl groups is 1. The molecule has 0 aliphatic heterocycles. The van der Waals surface area contributed by atoms with E-state index in [1.54, 1.807) is 6.92 Å². The highest BCUT2D eigenvalue weighted by atomic mass is 35.5. The number of nitrogens with zero attached hydrogens (tertiary/aromatic N) is 4. The van der Waals surface area contributed by atoms with E-state index in [2.05, 4.69) is 15.1 Å². The third-order valence-electron chi connectivity index (χ3n) is 4.01. The van der Waals surface area contributed by atoms with Gasteiger partial charge in [-0.15, -0.1) is 0 Å². The van der Waals surface area contributed by atoms with E-state index in [0.717, 1.165) is 16.7 Å². The smallest absolute Gasteiger partial charge is 0.417 e. The molecule has 0 saturated carbocycles. The van der Waals surface area contributed by atoms with E-state index in [1.165, 1.54) is 18.3 Å². The Kier molecular flexibility index (Phi) is 4.24. The molecule has 1 N–H and O–H groups in total. The Bertz CT molecular complexity index is 1220. The van der Waals surface area contributed by atoms with Crippen LogP contribution in [0.1, 0.15) is 11.1 Å². The summed E-state index contributed by atoms with van der Waals surface area (Å²) < 4.78 is 45.2. The van der Waals surface area contributed by atoms with Gasteiger partial charge in [0.15, 0.2) is 5.65 Å². The third kappa shape index (κ3) is 3.16. The topological polar surface area (TPSA) is 76.5 Å². The lowest BCUT2D eigenvalue weighted by atomic mass is 10.1. The van der Waals surface area contributed by atoms with Crippen LogP contribution in [0.15, 0.2) is 35.1 Å². The fraction of sp³-hybridized carbons (Fsp3) is 0.118. The second kappa shape index (κ2) is 6.39. The summed E-state index contributed by atoms with van der Waals surface area (Å²) in [5, 5.41) is 13.4. The molecular formula is C17H9Cl2F3N4O2. The number of hydrogen-bond acceptors (Lipinski definition) is 5. The van der Waals surface area contributed by atoms with Crippen LogP contribution in [0.3, 0.4) is 0 Å². The van der Waals surface area contributed by atoms with Crippen molar-refractivity contribution in [1.82, 2.24) is 19.5 Å². The third-order valence-corrected chi connectivity index (χ3v) is 4.59. The molecule has 0 aliphatic carbocycles. The molecule has 0 spiro atoms. The Hall–Kier alpha value is -2.78. The van der Waals surface area contributed by atoms with Crippen molar-refractivity contribution in [1.29, 1.82) is 0 Å². The minimum atomic E-state index is -4.55. The first-order chi connectivity index (χ1) is 13.1. The van der Waals surface area contributed by atoms with Crippen molar-refractivity contribution in [2.75, 3.05) is 0 Å². The minimum Gasteiger partial charge on any atom is -0.506 e. The average molecular weight is 429 g/mol. The molecule has 1 aromatic carbocycles. The Balaban J connectivity index is 1.78. The van der Waals surface area contributed by atoms with Crippen molar-refractivity contribution in [2.45, 2.75) is 13.1 Å². The predicted octanol–water partition coefficient (Wildman–Crippen LogP) is 5.39. The van der Waals surface area contributed by atoms with Gasteiger partial charge in [-0.2, -0.15) is 18.2 Å². The van der Waals surface area contributed by atoms with Crippen LogP contribution < -0.4 is 0 Å². The molecule has 0 bridgehead atoms. The molecule has 0 saturated heterocycles. The lowest BCUT2D eigenvalue weighted by Gasteiger charge is -2.07. The van der Waals surface area contributed by atoms with E-state index in [0.29, 0.717) is 11.1 Å². The van der Waals surface area contributed by atoms with Gasteiger partial charge in [0.05, 0.1) is 15.6 Å². The summed E-state index contributed by atoms with van der Waals surface area (Å²) in [7, 11) is 0. The standard InChI is InChI=1S/C17H9Cl2F3N4O2/c1-7-2-13(27)10(18)4-9(7)14-24-16(28-25-14)12-6-26-5-8(17(20,21)22)3-11(19)15(26)23-12/h2-6,27H,1H3. The number of pyridine rings is 1. The normalized spacial score (nSPS) is 12.1. The van der Waals surface area contributed by atoms with E-state index >= 15 is 0 Å². The number of halogens is 5. The number of phenolic OH excluding ortho intramolecular Hbond substituents is 1. The Morgan fingerprint density at radius 1 is 1.07 bits per heavy atom. The van der Waals surface area contributed by atoms with Crippen LogP contribution in [0.4, 0.5) is 13.2 Å². The van der Waals surface area contributed by atoms with Crippen LogP contribution in [-0.4, -0.2) is 24.6 Å². The highest BCUT2D eigenvalue weighted by molar-refractivity contribution is 6.33. The molecular weight excluding hydrogens is 420 g/mol. The number of alkyl halides is 3. The van der Waals surface area contributed by atoms with Gasteiger partial charge in [-0.3, -0.25) is 0 Å². The van der Waals surface area contributed by atoms with Gasteiger partial charge in [0.25, 0.3) is 5.89 Å². The van der Waals surface area contributed by atoms with Crippen LogP contribution in [0.5, 0.6) is 5.75 Å². The van der Waals surface area contributed by atoms with Gasteiger partial charge >= 0.3 is 6.18 Å². The molecule has 6 nitrogen and oxygen atoms in total. The van der Waals surface area contributed by atoms with E-state index in [-0.39, 0.29) is 38.9 Å². The van der Waals surface area contributed by atoms with Crippen molar-refractivity contribution in [3.8, 4) is 28.7 Å². The number of phenols is 1. The van der Waals surface area contributed by atoms with Crippen LogP contribution in [0, 0.1) is 6.92 Å². The number of benzene rings is 1. The maximum Gasteiger partial charge on any atom is 0.417 e. The summed E-state index contributed by atoms with van der Waals surface area (Å²) in [4.78, 5) is 8.39. The van der Waals surface area contributed by atoms with Gasteiger partial charge in [0, 0.05) is 18.0 Å². The van der Waals surface area contributed by atoms with Crippen LogP contribution in [0.25, 0.3) is 28.6 Å². The number of fused-ring (bicyclic) bond motifs is 1. The molecule has 3 aromatic heterocycles. The molecule has 0 unspecified atom stereocenters. The summed E-state index contributed by atoms with van der Waals surface area (Å²) in [5.74, 6) is 0.0996. The molecule has 11 heteroatoms. The van der Waals surface area contributed by atoms with E-state index in [9.17, 15) is 18.3 Å². The van der Waals surface area contributed by atoms with Crippen molar-refractivity contribution < 1.29 is 22.8 Å². The highest BCUT2D eigenvalue weighted by Crippen LogP contribution is 2.34. The molecule has 0 atom stereocenters. The van der Waals surface area contributed by atoms with Crippen LogP contribution in [-0.2, 0) is 6.18 Å². The van der Waals surface area contributed by atoms with Gasteiger partial charge in [0.2, 0.25) is 5.82 Å². The maximum absolute atomic E-state index is 13.0. The van der Waals surface area contributed by atoms with Crippen LogP contribution in [0.2, 0.25) is 10.0 Å². The fourth-order valence-electron chi connectivity index (χ4n) is 2.66. The van der Waals surface area contributed by atoms with Gasteiger partial charge in [-0.25, -0.2) is 4.98 Å². The number of hydrogen-bond donors (Lipinski definition) is 1. The molecule has 4 rings (SSSR count). The SMILES string of the molecule is Cc1cc(O)c(Cl)cc1-c1noc(-c2cn3cc(C(F)(F)F)cc(Cl)c3n2)n1. The lowest BCUT2D eigenvalue weighted by molar-refractivity contribution is -0.137. The lowest BCUT2D eigenvalue weighted by Crippen LogP contribution is -2.06. The predicted molar refractivity (Wildman–Crippen MR) is 95.3 cm³/mol. The van der Waals surface area contributed by atoms with Crippen molar-refractivity contribution in [2.24, 2.45) is 0 Å². The van der Waals surface area contributed by atoms with Crippen molar-refractivity contribution >= 4 is 28.8 Å². The summed E-state index contributed by atoms with van der Waals surface area (Å²) in [6.45, 7) is 1.73. The van der Waals surface area contributed by atoms with Gasteiger partial charge in [-0.05, 0) is 30.7 Å². The van der Waals surface area contributed by atoms with E-state index < -0.39 is 11.7 Å². The zero-order chi connectivity index (χ0) is 20.2. The zero-order valence-corrected chi connectivity index (χ0v) is 15.4. The van der Waals surface area contributed by atoms with Gasteiger partial charge in [0.1, 0.15) is 11.4 Å². The number of imidazole rings is 1. The summed E-state index contributed by atoms with van der Waals surface area (Å²) in [5.41, 5.74) is 0.548. The number of aromatic nitrogens is 4. The van der Waals surface area contributed by atoms with Gasteiger partial charge in [-0.1, -0.05) is 28.4 Å². The molecule has 0 aliphatic rings. The zero-order valence-electron chi connectivity index (χ0n) is 13.9. The molecule has 4 aromatic rings.